The molecule has 1 saturated heterocycles. The molecule has 1 saturated carbocycles. The molecule has 3 heterocycles. The Balaban J connectivity index is 1.55. The van der Waals surface area contributed by atoms with Gasteiger partial charge in [-0.3, -0.25) is 9.48 Å². The molecule has 1 aliphatic heterocycles. The van der Waals surface area contributed by atoms with E-state index in [1.54, 1.807) is 4.90 Å². The topological polar surface area (TPSA) is 75.9 Å². The number of likely N-dealkylation sites (tertiary alicyclic amines) is 1. The predicted molar refractivity (Wildman–Crippen MR) is 99.8 cm³/mol. The Hall–Kier alpha value is -2.65. The molecule has 2 aromatic rings. The standard InChI is InChI=1S/C19H23F3N6O/c1-3-27-9-13(6-7-16(27)29)28-10-15(11(2)26-28)24-18-23-8-14(19(20,21)22)17(25-18)12-4-5-12/h8,10,12-13H,3-7,9H2,1-2H3,(H,23,24,25)/t13-/m0/s1. The smallest absolute Gasteiger partial charge is 0.341 e. The maximum Gasteiger partial charge on any atom is 0.419 e. The van der Waals surface area contributed by atoms with E-state index in [1.807, 2.05) is 24.7 Å². The number of aromatic nitrogens is 4. The monoisotopic (exact) mass is 408 g/mol. The van der Waals surface area contributed by atoms with E-state index in [2.05, 4.69) is 20.4 Å². The zero-order valence-electron chi connectivity index (χ0n) is 16.3. The van der Waals surface area contributed by atoms with Crippen molar-refractivity contribution in [2.45, 2.75) is 57.7 Å². The summed E-state index contributed by atoms with van der Waals surface area (Å²) in [6.07, 6.45) is 0.817. The van der Waals surface area contributed by atoms with Crippen LogP contribution in [0.25, 0.3) is 0 Å². The number of anilines is 2. The second-order valence-corrected chi connectivity index (χ2v) is 7.62. The molecule has 0 radical (unpaired) electrons. The third-order valence-electron chi connectivity index (χ3n) is 5.48. The number of hydrogen-bond donors (Lipinski definition) is 1. The van der Waals surface area contributed by atoms with Crippen molar-refractivity contribution in [3.8, 4) is 0 Å². The predicted octanol–water partition coefficient (Wildman–Crippen LogP) is 3.80. The number of hydrogen-bond acceptors (Lipinski definition) is 5. The molecular weight excluding hydrogens is 385 g/mol. The van der Waals surface area contributed by atoms with Crippen molar-refractivity contribution < 1.29 is 18.0 Å². The molecule has 2 aliphatic rings. The number of nitrogens with zero attached hydrogens (tertiary/aromatic N) is 5. The van der Waals surface area contributed by atoms with Crippen LogP contribution in [-0.4, -0.2) is 43.6 Å². The SMILES string of the molecule is CCN1C[C@@H](n2cc(Nc3ncc(C(F)(F)F)c(C4CC4)n3)c(C)n2)CCC1=O. The van der Waals surface area contributed by atoms with Gasteiger partial charge < -0.3 is 10.2 Å². The lowest BCUT2D eigenvalue weighted by Crippen LogP contribution is -2.40. The van der Waals surface area contributed by atoms with Crippen molar-refractivity contribution in [3.05, 3.63) is 29.3 Å². The highest BCUT2D eigenvalue weighted by atomic mass is 19.4. The van der Waals surface area contributed by atoms with Crippen LogP contribution in [0.5, 0.6) is 0 Å². The van der Waals surface area contributed by atoms with Gasteiger partial charge in [-0.25, -0.2) is 9.97 Å². The first-order valence-corrected chi connectivity index (χ1v) is 9.81. The van der Waals surface area contributed by atoms with Gasteiger partial charge in [0.15, 0.2) is 0 Å². The Morgan fingerprint density at radius 1 is 1.28 bits per heavy atom. The minimum absolute atomic E-state index is 0.0597. The van der Waals surface area contributed by atoms with Crippen LogP contribution in [0.1, 0.15) is 61.5 Å². The maximum absolute atomic E-state index is 13.2. The highest BCUT2D eigenvalue weighted by molar-refractivity contribution is 5.77. The first kappa shape index (κ1) is 19.7. The van der Waals surface area contributed by atoms with Crippen LogP contribution in [-0.2, 0) is 11.0 Å². The van der Waals surface area contributed by atoms with Gasteiger partial charge in [0.05, 0.1) is 28.7 Å². The van der Waals surface area contributed by atoms with Gasteiger partial charge in [0.2, 0.25) is 11.9 Å². The van der Waals surface area contributed by atoms with Gasteiger partial charge in [0.25, 0.3) is 0 Å². The molecule has 0 bridgehead atoms. The Morgan fingerprint density at radius 3 is 2.69 bits per heavy atom. The van der Waals surface area contributed by atoms with E-state index in [0.29, 0.717) is 50.2 Å². The average molecular weight is 408 g/mol. The summed E-state index contributed by atoms with van der Waals surface area (Å²) < 4.78 is 41.5. The first-order valence-electron chi connectivity index (χ1n) is 9.81. The number of aryl methyl sites for hydroxylation is 1. The second kappa shape index (κ2) is 7.31. The lowest BCUT2D eigenvalue weighted by Gasteiger charge is -2.31. The molecule has 1 atom stereocenters. The number of likely N-dealkylation sites (N-methyl/N-ethyl adjacent to an activating group) is 1. The molecule has 0 unspecified atom stereocenters. The van der Waals surface area contributed by atoms with Gasteiger partial charge >= 0.3 is 6.18 Å². The fourth-order valence-corrected chi connectivity index (χ4v) is 3.67. The summed E-state index contributed by atoms with van der Waals surface area (Å²) in [6.45, 7) is 5.01. The zero-order valence-corrected chi connectivity index (χ0v) is 16.3. The van der Waals surface area contributed by atoms with Gasteiger partial charge in [-0.2, -0.15) is 18.3 Å². The average Bonchev–Trinajstić information content (AvgIpc) is 3.46. The van der Waals surface area contributed by atoms with Crippen molar-refractivity contribution in [2.75, 3.05) is 18.4 Å². The lowest BCUT2D eigenvalue weighted by molar-refractivity contribution is -0.138. The molecule has 156 valence electrons. The van der Waals surface area contributed by atoms with Crippen LogP contribution < -0.4 is 5.32 Å². The van der Waals surface area contributed by atoms with E-state index in [1.165, 1.54) is 0 Å². The molecule has 2 aromatic heterocycles. The number of rotatable bonds is 5. The molecule has 10 heteroatoms. The zero-order chi connectivity index (χ0) is 20.8. The fourth-order valence-electron chi connectivity index (χ4n) is 3.67. The van der Waals surface area contributed by atoms with E-state index in [-0.39, 0.29) is 29.5 Å². The van der Waals surface area contributed by atoms with Crippen molar-refractivity contribution in [3.63, 3.8) is 0 Å². The number of alkyl halides is 3. The Bertz CT molecular complexity index is 921. The third kappa shape index (κ3) is 4.06. The normalized spacial score (nSPS) is 20.2. The number of carbonyl (C=O) groups is 1. The summed E-state index contributed by atoms with van der Waals surface area (Å²) in [5, 5.41) is 7.55. The van der Waals surface area contributed by atoms with Gasteiger partial charge in [0.1, 0.15) is 0 Å². The van der Waals surface area contributed by atoms with Crippen LogP contribution >= 0.6 is 0 Å². The summed E-state index contributed by atoms with van der Waals surface area (Å²) in [6, 6.07) is 0.0671. The van der Waals surface area contributed by atoms with E-state index in [4.69, 9.17) is 0 Å². The Labute approximate surface area is 166 Å². The van der Waals surface area contributed by atoms with Crippen LogP contribution in [0.2, 0.25) is 0 Å². The van der Waals surface area contributed by atoms with Crippen LogP contribution in [0.15, 0.2) is 12.4 Å². The summed E-state index contributed by atoms with van der Waals surface area (Å²) in [5.41, 5.74) is 0.641. The molecule has 1 amide bonds. The second-order valence-electron chi connectivity index (χ2n) is 7.62. The largest absolute Gasteiger partial charge is 0.419 e. The third-order valence-corrected chi connectivity index (χ3v) is 5.48. The van der Waals surface area contributed by atoms with Crippen molar-refractivity contribution in [1.82, 2.24) is 24.6 Å². The van der Waals surface area contributed by atoms with Crippen molar-refractivity contribution in [1.29, 1.82) is 0 Å². The Kier molecular flexibility index (Phi) is 4.95. The molecule has 4 rings (SSSR count). The number of nitrogens with one attached hydrogen (secondary N) is 1. The first-order chi connectivity index (χ1) is 13.8. The molecule has 0 aromatic carbocycles. The summed E-state index contributed by atoms with van der Waals surface area (Å²) >= 11 is 0. The molecule has 0 spiro atoms. The van der Waals surface area contributed by atoms with Crippen LogP contribution in [0.3, 0.4) is 0 Å². The Morgan fingerprint density at radius 2 is 2.03 bits per heavy atom. The van der Waals surface area contributed by atoms with Crippen molar-refractivity contribution >= 4 is 17.5 Å². The van der Waals surface area contributed by atoms with E-state index in [0.717, 1.165) is 6.20 Å². The molecule has 1 aliphatic carbocycles. The minimum Gasteiger partial charge on any atom is -0.341 e. The fraction of sp³-hybridized carbons (Fsp3) is 0.579. The van der Waals surface area contributed by atoms with Gasteiger partial charge in [-0.1, -0.05) is 0 Å². The quantitative estimate of drug-likeness (QED) is 0.814. The molecule has 29 heavy (non-hydrogen) atoms. The highest BCUT2D eigenvalue weighted by Crippen LogP contribution is 2.45. The summed E-state index contributed by atoms with van der Waals surface area (Å²) in [7, 11) is 0. The van der Waals surface area contributed by atoms with Gasteiger partial charge in [-0.05, 0) is 33.1 Å². The van der Waals surface area contributed by atoms with Crippen LogP contribution in [0.4, 0.5) is 24.8 Å². The van der Waals surface area contributed by atoms with Crippen molar-refractivity contribution in [2.24, 2.45) is 0 Å². The number of piperidine rings is 1. The minimum atomic E-state index is -4.46. The van der Waals surface area contributed by atoms with Crippen LogP contribution in [0, 0.1) is 6.92 Å². The highest BCUT2D eigenvalue weighted by Gasteiger charge is 2.40. The van der Waals surface area contributed by atoms with E-state index >= 15 is 0 Å². The van der Waals surface area contributed by atoms with Gasteiger partial charge in [-0.15, -0.1) is 0 Å². The lowest BCUT2D eigenvalue weighted by atomic mass is 10.1. The molecule has 1 N–H and O–H groups in total. The number of halogens is 3. The van der Waals surface area contributed by atoms with E-state index in [9.17, 15) is 18.0 Å². The number of amides is 1. The number of carbonyl (C=O) groups excluding carboxylic acids is 1. The maximum atomic E-state index is 13.2. The summed E-state index contributed by atoms with van der Waals surface area (Å²) in [5.74, 6) is 0.132. The molecular formula is C19H23F3N6O. The summed E-state index contributed by atoms with van der Waals surface area (Å²) in [4.78, 5) is 21.7. The molecule has 2 fully saturated rings. The van der Waals surface area contributed by atoms with E-state index < -0.39 is 11.7 Å². The van der Waals surface area contributed by atoms with Gasteiger partial charge in [0, 0.05) is 37.8 Å². The molecule has 7 nitrogen and oxygen atoms in total.